The van der Waals surface area contributed by atoms with Gasteiger partial charge in [-0.2, -0.15) is 0 Å². The van der Waals surface area contributed by atoms with Crippen LogP contribution in [0.15, 0.2) is 35.5 Å². The third-order valence-electron chi connectivity index (χ3n) is 2.68. The molecule has 0 spiro atoms. The van der Waals surface area contributed by atoms with Crippen LogP contribution in [0.1, 0.15) is 16.8 Å². The molecule has 112 valence electrons. The minimum absolute atomic E-state index is 0. The zero-order valence-corrected chi connectivity index (χ0v) is 11.8. The molecule has 1 amide bonds. The Labute approximate surface area is 126 Å². The summed E-state index contributed by atoms with van der Waals surface area (Å²) in [4.78, 5) is 29.1. The number of halogens is 1. The summed E-state index contributed by atoms with van der Waals surface area (Å²) < 4.78 is 0. The van der Waals surface area contributed by atoms with Gasteiger partial charge in [-0.05, 0) is 6.07 Å². The third kappa shape index (κ3) is 4.22. The molecule has 7 nitrogen and oxygen atoms in total. The number of H-pyrrole nitrogens is 1. The highest BCUT2D eigenvalue weighted by Crippen LogP contribution is 2.17. The minimum atomic E-state index is -0.968. The fourth-order valence-corrected chi connectivity index (χ4v) is 1.75. The smallest absolute Gasteiger partial charge is 0.305 e. The van der Waals surface area contributed by atoms with E-state index in [-0.39, 0.29) is 37.2 Å². The molecule has 0 saturated heterocycles. The fourth-order valence-electron chi connectivity index (χ4n) is 1.75. The Morgan fingerprint density at radius 1 is 1.33 bits per heavy atom. The van der Waals surface area contributed by atoms with Gasteiger partial charge >= 0.3 is 5.97 Å². The van der Waals surface area contributed by atoms with Crippen molar-refractivity contribution in [3.8, 4) is 0 Å². The van der Waals surface area contributed by atoms with Crippen LogP contribution in [0.3, 0.4) is 0 Å². The van der Waals surface area contributed by atoms with E-state index >= 15 is 0 Å². The van der Waals surface area contributed by atoms with Crippen LogP contribution in [0.4, 0.5) is 0 Å². The van der Waals surface area contributed by atoms with E-state index in [0.29, 0.717) is 5.56 Å². The average Bonchev–Trinajstić information content (AvgIpc) is 2.82. The molecule has 0 radical (unpaired) electrons. The second-order valence-electron chi connectivity index (χ2n) is 4.11. The second-order valence-corrected chi connectivity index (χ2v) is 4.11. The molecule has 2 rings (SSSR count). The molecule has 8 heteroatoms. The Bertz CT molecular complexity index is 681. The number of amides is 1. The Hall–Kier alpha value is -2.54. The Morgan fingerprint density at radius 3 is 2.76 bits per heavy atom. The molecule has 0 unspecified atom stereocenters. The maximum Gasteiger partial charge on any atom is 0.305 e. The van der Waals surface area contributed by atoms with E-state index in [9.17, 15) is 9.59 Å². The fraction of sp³-hybridized carbons (Fsp3) is 0.154. The highest BCUT2D eigenvalue weighted by molar-refractivity contribution is 6.12. The van der Waals surface area contributed by atoms with Gasteiger partial charge in [0.25, 0.3) is 5.91 Å². The Balaban J connectivity index is 0.00000220. The lowest BCUT2D eigenvalue weighted by atomic mass is 10.1. The third-order valence-corrected chi connectivity index (χ3v) is 2.68. The number of nitrogens with one attached hydrogen (secondary N) is 2. The first-order chi connectivity index (χ1) is 9.58. The van der Waals surface area contributed by atoms with E-state index in [1.165, 1.54) is 0 Å². The minimum Gasteiger partial charge on any atom is -0.481 e. The number of nitrogens with zero attached hydrogens (tertiary/aromatic N) is 1. The first kappa shape index (κ1) is 16.5. The number of aliphatic imine (C=N–C) groups is 1. The Morgan fingerprint density at radius 2 is 2.05 bits per heavy atom. The molecule has 5 N–H and O–H groups in total. The molecule has 0 aliphatic rings. The van der Waals surface area contributed by atoms with Gasteiger partial charge in [0.15, 0.2) is 5.96 Å². The van der Waals surface area contributed by atoms with E-state index in [1.807, 2.05) is 24.3 Å². The Kier molecular flexibility index (Phi) is 5.74. The summed E-state index contributed by atoms with van der Waals surface area (Å²) >= 11 is 0. The number of guanidine groups is 1. The quantitative estimate of drug-likeness (QED) is 0.499. The van der Waals surface area contributed by atoms with Gasteiger partial charge in [-0.15, -0.1) is 12.4 Å². The van der Waals surface area contributed by atoms with Crippen LogP contribution in [0.5, 0.6) is 0 Å². The first-order valence-corrected chi connectivity index (χ1v) is 5.97. The van der Waals surface area contributed by atoms with Crippen molar-refractivity contribution in [3.05, 3.63) is 36.0 Å². The molecule has 0 bridgehead atoms. The zero-order valence-electron chi connectivity index (χ0n) is 11.0. The van der Waals surface area contributed by atoms with Crippen molar-refractivity contribution in [2.45, 2.75) is 6.42 Å². The lowest BCUT2D eigenvalue weighted by molar-refractivity contribution is -0.136. The number of carboxylic acids is 1. The van der Waals surface area contributed by atoms with Crippen LogP contribution in [-0.2, 0) is 4.79 Å². The summed E-state index contributed by atoms with van der Waals surface area (Å²) in [5.74, 6) is -1.45. The lowest BCUT2D eigenvalue weighted by Gasteiger charge is -2.03. The number of aromatic amines is 1. The number of fused-ring (bicyclic) bond motifs is 1. The van der Waals surface area contributed by atoms with Crippen molar-refractivity contribution < 1.29 is 14.7 Å². The van der Waals surface area contributed by atoms with E-state index in [2.05, 4.69) is 15.3 Å². The van der Waals surface area contributed by atoms with Crippen molar-refractivity contribution >= 4 is 41.1 Å². The number of hydrogen-bond donors (Lipinski definition) is 4. The van der Waals surface area contributed by atoms with Gasteiger partial charge < -0.3 is 15.8 Å². The maximum atomic E-state index is 12.0. The molecule has 0 saturated carbocycles. The van der Waals surface area contributed by atoms with Gasteiger partial charge in [0.2, 0.25) is 0 Å². The second kappa shape index (κ2) is 7.30. The number of carbonyl (C=O) groups is 2. The zero-order chi connectivity index (χ0) is 14.5. The van der Waals surface area contributed by atoms with E-state index in [4.69, 9.17) is 10.8 Å². The van der Waals surface area contributed by atoms with Crippen LogP contribution >= 0.6 is 12.4 Å². The average molecular weight is 311 g/mol. The van der Waals surface area contributed by atoms with Gasteiger partial charge in [-0.25, -0.2) is 0 Å². The summed E-state index contributed by atoms with van der Waals surface area (Å²) in [6, 6.07) is 7.37. The molecule has 0 aliphatic carbocycles. The number of rotatable bonds is 4. The van der Waals surface area contributed by atoms with Crippen molar-refractivity contribution in [1.82, 2.24) is 10.3 Å². The maximum absolute atomic E-state index is 12.0. The van der Waals surface area contributed by atoms with Crippen molar-refractivity contribution in [2.75, 3.05) is 6.54 Å². The summed E-state index contributed by atoms with van der Waals surface area (Å²) in [5.41, 5.74) is 6.83. The summed E-state index contributed by atoms with van der Waals surface area (Å²) in [5, 5.41) is 11.7. The van der Waals surface area contributed by atoms with Crippen LogP contribution in [0.25, 0.3) is 10.9 Å². The molecular formula is C13H15ClN4O3. The molecule has 0 fully saturated rings. The molecular weight excluding hydrogens is 296 g/mol. The van der Waals surface area contributed by atoms with Crippen molar-refractivity contribution in [3.63, 3.8) is 0 Å². The molecule has 1 heterocycles. The SMILES string of the molecule is Cl.NC(=NCCC(=O)O)NC(=O)c1c[nH]c2ccccc12. The predicted octanol–water partition coefficient (Wildman–Crippen LogP) is 1.11. The van der Waals surface area contributed by atoms with E-state index in [0.717, 1.165) is 10.9 Å². The molecule has 2 aromatic rings. The number of aliphatic carboxylic acids is 1. The van der Waals surface area contributed by atoms with Crippen LogP contribution < -0.4 is 11.1 Å². The monoisotopic (exact) mass is 310 g/mol. The molecule has 21 heavy (non-hydrogen) atoms. The number of benzene rings is 1. The number of carbonyl (C=O) groups excluding carboxylic acids is 1. The summed E-state index contributed by atoms with van der Waals surface area (Å²) in [6.45, 7) is 0.0231. The van der Waals surface area contributed by atoms with Crippen molar-refractivity contribution in [2.24, 2.45) is 10.7 Å². The van der Waals surface area contributed by atoms with Crippen molar-refractivity contribution in [1.29, 1.82) is 0 Å². The number of nitrogens with two attached hydrogens (primary N) is 1. The van der Waals surface area contributed by atoms with Gasteiger partial charge in [0.1, 0.15) is 0 Å². The van der Waals surface area contributed by atoms with Gasteiger partial charge in [0.05, 0.1) is 18.5 Å². The van der Waals surface area contributed by atoms with E-state index < -0.39 is 5.97 Å². The topological polar surface area (TPSA) is 121 Å². The number of hydrogen-bond acceptors (Lipinski definition) is 3. The molecule has 1 aromatic carbocycles. The van der Waals surface area contributed by atoms with Gasteiger partial charge in [-0.1, -0.05) is 18.2 Å². The predicted molar refractivity (Wildman–Crippen MR) is 81.8 cm³/mol. The molecule has 0 atom stereocenters. The summed E-state index contributed by atoms with van der Waals surface area (Å²) in [6.07, 6.45) is 1.45. The van der Waals surface area contributed by atoms with Crippen LogP contribution in [0.2, 0.25) is 0 Å². The lowest BCUT2D eigenvalue weighted by Crippen LogP contribution is -2.36. The number of aromatic nitrogens is 1. The summed E-state index contributed by atoms with van der Waals surface area (Å²) in [7, 11) is 0. The van der Waals surface area contributed by atoms with Crippen LogP contribution in [0, 0.1) is 0 Å². The van der Waals surface area contributed by atoms with Gasteiger partial charge in [-0.3, -0.25) is 19.9 Å². The highest BCUT2D eigenvalue weighted by atomic mass is 35.5. The van der Waals surface area contributed by atoms with Gasteiger partial charge in [0, 0.05) is 17.1 Å². The molecule has 1 aromatic heterocycles. The normalized spacial score (nSPS) is 11.0. The molecule has 0 aliphatic heterocycles. The number of carboxylic acid groups (broad SMARTS) is 1. The number of para-hydroxylation sites is 1. The highest BCUT2D eigenvalue weighted by Gasteiger charge is 2.12. The standard InChI is InChI=1S/C13H14N4O3.ClH/c14-13(15-6-5-11(18)19)17-12(20)9-7-16-10-4-2-1-3-8(9)10;/h1-4,7,16H,5-6H2,(H,18,19)(H3,14,15,17,20);1H. The largest absolute Gasteiger partial charge is 0.481 e. The van der Waals surface area contributed by atoms with Crippen LogP contribution in [-0.4, -0.2) is 34.5 Å². The van der Waals surface area contributed by atoms with E-state index in [1.54, 1.807) is 6.20 Å². The first-order valence-electron chi connectivity index (χ1n) is 5.97.